The summed E-state index contributed by atoms with van der Waals surface area (Å²) in [6.07, 6.45) is 3.77. The van der Waals surface area contributed by atoms with E-state index in [4.69, 9.17) is 14.5 Å². The molecule has 0 saturated carbocycles. The fourth-order valence-corrected chi connectivity index (χ4v) is 6.72. The highest BCUT2D eigenvalue weighted by Gasteiger charge is 2.35. The summed E-state index contributed by atoms with van der Waals surface area (Å²) in [5.74, 6) is -0.964. The first-order valence-corrected chi connectivity index (χ1v) is 16.9. The van der Waals surface area contributed by atoms with Crippen molar-refractivity contribution in [1.29, 1.82) is 0 Å². The van der Waals surface area contributed by atoms with Crippen LogP contribution < -0.4 is 19.6 Å². The summed E-state index contributed by atoms with van der Waals surface area (Å²) in [6, 6.07) is 30.4. The first-order valence-electron chi connectivity index (χ1n) is 14.8. The van der Waals surface area contributed by atoms with Crippen LogP contribution in [-0.2, 0) is 16.1 Å². The van der Waals surface area contributed by atoms with Crippen molar-refractivity contribution in [3.63, 3.8) is 0 Å². The molecule has 236 valence electrons. The van der Waals surface area contributed by atoms with Gasteiger partial charge in [0.1, 0.15) is 12.4 Å². The lowest BCUT2D eigenvalue weighted by Gasteiger charge is -2.26. The SMILES string of the molecule is CCOC(=O)C1=C(c2ccccc2)N=c2s/c(=C\c3ccccc3OCc3ccc(C(=O)O)cc3)c(=O)n2[C@@H]1c1ccc(SC)cc1. The molecule has 1 atom stereocenters. The zero-order valence-corrected chi connectivity index (χ0v) is 27.2. The van der Waals surface area contributed by atoms with Gasteiger partial charge in [0.05, 0.1) is 34.0 Å². The number of rotatable bonds is 10. The Hall–Kier alpha value is -5.19. The second kappa shape index (κ2) is 14.1. The van der Waals surface area contributed by atoms with E-state index in [-0.39, 0.29) is 24.3 Å². The van der Waals surface area contributed by atoms with Crippen molar-refractivity contribution in [1.82, 2.24) is 4.57 Å². The van der Waals surface area contributed by atoms with Crippen LogP contribution in [0.4, 0.5) is 0 Å². The number of hydrogen-bond donors (Lipinski definition) is 1. The molecule has 0 saturated heterocycles. The number of carboxylic acids is 1. The molecule has 0 unspecified atom stereocenters. The summed E-state index contributed by atoms with van der Waals surface area (Å²) < 4.78 is 13.7. The van der Waals surface area contributed by atoms with Gasteiger partial charge in [0, 0.05) is 16.0 Å². The van der Waals surface area contributed by atoms with Gasteiger partial charge in [0.25, 0.3) is 5.56 Å². The quantitative estimate of drug-likeness (QED) is 0.146. The Bertz CT molecular complexity index is 2150. The molecule has 0 amide bonds. The van der Waals surface area contributed by atoms with Crippen LogP contribution in [0.3, 0.4) is 0 Å². The van der Waals surface area contributed by atoms with E-state index in [1.807, 2.05) is 85.1 Å². The monoisotopic (exact) mass is 662 g/mol. The Morgan fingerprint density at radius 2 is 1.66 bits per heavy atom. The van der Waals surface area contributed by atoms with Gasteiger partial charge in [-0.05, 0) is 60.7 Å². The van der Waals surface area contributed by atoms with Gasteiger partial charge in [-0.1, -0.05) is 84.1 Å². The van der Waals surface area contributed by atoms with Crippen LogP contribution >= 0.6 is 23.1 Å². The zero-order valence-electron chi connectivity index (χ0n) is 25.6. The number of thioether (sulfide) groups is 1. The fraction of sp³-hybridized carbons (Fsp3) is 0.135. The van der Waals surface area contributed by atoms with E-state index in [2.05, 4.69) is 0 Å². The molecule has 0 spiro atoms. The number of nitrogens with zero attached hydrogens (tertiary/aromatic N) is 2. The molecule has 47 heavy (non-hydrogen) atoms. The number of esters is 1. The Morgan fingerprint density at radius 1 is 0.957 bits per heavy atom. The van der Waals surface area contributed by atoms with Gasteiger partial charge < -0.3 is 14.6 Å². The molecule has 2 heterocycles. The maximum Gasteiger partial charge on any atom is 0.338 e. The largest absolute Gasteiger partial charge is 0.488 e. The van der Waals surface area contributed by atoms with E-state index in [9.17, 15) is 19.5 Å². The van der Waals surface area contributed by atoms with E-state index in [0.29, 0.717) is 31.9 Å². The van der Waals surface area contributed by atoms with E-state index < -0.39 is 18.0 Å². The van der Waals surface area contributed by atoms with Crippen LogP contribution in [0.2, 0.25) is 0 Å². The summed E-state index contributed by atoms with van der Waals surface area (Å²) in [7, 11) is 0. The van der Waals surface area contributed by atoms with Crippen LogP contribution in [0.1, 0.15) is 45.6 Å². The standard InChI is InChI=1S/C37H30N2O6S2/c1-3-44-36(43)31-32(24-9-5-4-6-10-24)38-37-39(33(31)25-17-19-28(46-2)20-18-25)34(40)30(47-37)21-27-11-7-8-12-29(27)45-22-23-13-15-26(16-14-23)35(41)42/h4-21,33H,3,22H2,1-2H3,(H,41,42)/b30-21-/t33-/m1/s1. The van der Waals surface area contributed by atoms with Crippen LogP contribution in [0.25, 0.3) is 11.8 Å². The van der Waals surface area contributed by atoms with Crippen molar-refractivity contribution in [3.05, 3.63) is 156 Å². The number of fused-ring (bicyclic) bond motifs is 1. The highest BCUT2D eigenvalue weighted by Crippen LogP contribution is 2.35. The predicted octanol–water partition coefficient (Wildman–Crippen LogP) is 5.93. The molecule has 0 radical (unpaired) electrons. The molecule has 0 bridgehead atoms. The minimum Gasteiger partial charge on any atom is -0.488 e. The summed E-state index contributed by atoms with van der Waals surface area (Å²) in [6.45, 7) is 2.14. The third-order valence-corrected chi connectivity index (χ3v) is 9.33. The number of benzene rings is 4. The van der Waals surface area contributed by atoms with Crippen molar-refractivity contribution in [2.45, 2.75) is 24.5 Å². The second-order valence-corrected chi connectivity index (χ2v) is 12.4. The number of ether oxygens (including phenoxy) is 2. The van der Waals surface area contributed by atoms with E-state index >= 15 is 0 Å². The van der Waals surface area contributed by atoms with Crippen molar-refractivity contribution < 1.29 is 24.2 Å². The summed E-state index contributed by atoms with van der Waals surface area (Å²) in [5, 5.41) is 9.19. The molecule has 4 aromatic carbocycles. The van der Waals surface area contributed by atoms with Crippen molar-refractivity contribution in [2.24, 2.45) is 4.99 Å². The predicted molar refractivity (Wildman–Crippen MR) is 183 cm³/mol. The minimum absolute atomic E-state index is 0.174. The van der Waals surface area contributed by atoms with E-state index in [1.54, 1.807) is 41.5 Å². The van der Waals surface area contributed by atoms with Crippen molar-refractivity contribution in [2.75, 3.05) is 12.9 Å². The molecule has 10 heteroatoms. The first-order chi connectivity index (χ1) is 22.9. The summed E-state index contributed by atoms with van der Waals surface area (Å²) >= 11 is 2.85. The van der Waals surface area contributed by atoms with Crippen LogP contribution in [0.5, 0.6) is 5.75 Å². The fourth-order valence-electron chi connectivity index (χ4n) is 5.32. The smallest absolute Gasteiger partial charge is 0.338 e. The summed E-state index contributed by atoms with van der Waals surface area (Å²) in [5.41, 5.74) is 3.67. The highest BCUT2D eigenvalue weighted by atomic mass is 32.2. The molecule has 0 fully saturated rings. The first kappa shape index (κ1) is 31.8. The van der Waals surface area contributed by atoms with Crippen LogP contribution in [-0.4, -0.2) is 34.5 Å². The lowest BCUT2D eigenvalue weighted by atomic mass is 9.93. The number of carboxylic acid groups (broad SMARTS) is 1. The Kier molecular flexibility index (Phi) is 9.51. The number of thiazole rings is 1. The molecular formula is C37H30N2O6S2. The number of aromatic carboxylic acids is 1. The number of hydrogen-bond acceptors (Lipinski definition) is 8. The number of aromatic nitrogens is 1. The van der Waals surface area contributed by atoms with Gasteiger partial charge in [-0.2, -0.15) is 0 Å². The average molecular weight is 663 g/mol. The summed E-state index contributed by atoms with van der Waals surface area (Å²) in [4.78, 5) is 45.6. The maximum atomic E-state index is 14.3. The third-order valence-electron chi connectivity index (χ3n) is 7.61. The molecule has 1 aliphatic rings. The van der Waals surface area contributed by atoms with Gasteiger partial charge in [0.15, 0.2) is 4.80 Å². The zero-order chi connectivity index (χ0) is 32.9. The van der Waals surface area contributed by atoms with E-state index in [0.717, 1.165) is 21.6 Å². The normalized spacial score (nSPS) is 14.3. The molecule has 1 N–H and O–H groups in total. The van der Waals surface area contributed by atoms with Crippen molar-refractivity contribution >= 4 is 46.8 Å². The Balaban J connectivity index is 1.48. The number of carbonyl (C=O) groups excluding carboxylic acids is 1. The lowest BCUT2D eigenvalue weighted by molar-refractivity contribution is -0.138. The van der Waals surface area contributed by atoms with Gasteiger partial charge in [0.2, 0.25) is 0 Å². The second-order valence-electron chi connectivity index (χ2n) is 10.5. The number of para-hydroxylation sites is 1. The molecule has 6 rings (SSSR count). The minimum atomic E-state index is -0.992. The lowest BCUT2D eigenvalue weighted by Crippen LogP contribution is -2.40. The molecule has 8 nitrogen and oxygen atoms in total. The topological polar surface area (TPSA) is 107 Å². The Labute approximate surface area is 279 Å². The third kappa shape index (κ3) is 6.70. The molecule has 1 aliphatic heterocycles. The van der Waals surface area contributed by atoms with Crippen LogP contribution in [0, 0.1) is 0 Å². The van der Waals surface area contributed by atoms with E-state index in [1.165, 1.54) is 23.5 Å². The van der Waals surface area contributed by atoms with Gasteiger partial charge >= 0.3 is 11.9 Å². The average Bonchev–Trinajstić information content (AvgIpc) is 3.41. The maximum absolute atomic E-state index is 14.3. The Morgan fingerprint density at radius 3 is 2.34 bits per heavy atom. The van der Waals surface area contributed by atoms with Gasteiger partial charge in [-0.25, -0.2) is 14.6 Å². The molecule has 1 aromatic heterocycles. The van der Waals surface area contributed by atoms with Gasteiger partial charge in [-0.15, -0.1) is 11.8 Å². The van der Waals surface area contributed by atoms with Crippen molar-refractivity contribution in [3.8, 4) is 5.75 Å². The molecule has 5 aromatic rings. The van der Waals surface area contributed by atoms with Crippen LogP contribution in [0.15, 0.2) is 123 Å². The molecular weight excluding hydrogens is 633 g/mol. The number of carbonyl (C=O) groups is 2. The molecule has 0 aliphatic carbocycles. The highest BCUT2D eigenvalue weighted by molar-refractivity contribution is 7.98. The van der Waals surface area contributed by atoms with Gasteiger partial charge in [-0.3, -0.25) is 9.36 Å².